The van der Waals surface area contributed by atoms with E-state index in [4.69, 9.17) is 11.6 Å². The number of pyridine rings is 2. The van der Waals surface area contributed by atoms with Crippen molar-refractivity contribution in [3.63, 3.8) is 0 Å². The maximum absolute atomic E-state index is 14.1. The van der Waals surface area contributed by atoms with Gasteiger partial charge in [-0.3, -0.25) is 19.2 Å². The Hall–Kier alpha value is -6.45. The Bertz CT molecular complexity index is 2590. The van der Waals surface area contributed by atoms with E-state index in [0.29, 0.717) is 54.0 Å². The third-order valence-corrected chi connectivity index (χ3v) is 14.7. The molecule has 0 saturated carbocycles. The van der Waals surface area contributed by atoms with Gasteiger partial charge in [0.05, 0.1) is 27.7 Å². The first kappa shape index (κ1) is 49.0. The van der Waals surface area contributed by atoms with Gasteiger partial charge >= 0.3 is 6.03 Å². The Morgan fingerprint density at radius 2 is 1.65 bits per heavy atom. The van der Waals surface area contributed by atoms with Crippen LogP contribution in [0.25, 0.3) is 10.4 Å². The number of aliphatic hydroxyl groups is 1. The van der Waals surface area contributed by atoms with Crippen molar-refractivity contribution in [1.29, 1.82) is 0 Å². The van der Waals surface area contributed by atoms with Gasteiger partial charge in [-0.05, 0) is 84.7 Å². The average Bonchev–Trinajstić information content (AvgIpc) is 3.90. The van der Waals surface area contributed by atoms with Gasteiger partial charge in [0, 0.05) is 67.4 Å². The SMILES string of the molecule is Cc1ncsc1-c1ccc(CNC(=O)[C@@H]2C[C@@H](O)CN2C(=O)[C@@H]([SiH2]NC(=O)CCCCCNC(=O)c2cccc(C#Cc3cc(NC(=O)Nc4ccnc(Cl)c4)ccn3)c2)C(C)(C)C)cc1. The molecule has 0 unspecified atom stereocenters. The van der Waals surface area contributed by atoms with E-state index in [-0.39, 0.29) is 54.7 Å². The number of thiazole rings is 1. The van der Waals surface area contributed by atoms with Crippen LogP contribution in [0, 0.1) is 24.2 Å². The molecule has 1 aliphatic rings. The number of rotatable bonds is 16. The minimum Gasteiger partial charge on any atom is -0.391 e. The van der Waals surface area contributed by atoms with Crippen molar-refractivity contribution in [1.82, 2.24) is 35.5 Å². The van der Waals surface area contributed by atoms with Crippen LogP contribution in [0.4, 0.5) is 16.2 Å². The van der Waals surface area contributed by atoms with Crippen molar-refractivity contribution in [2.24, 2.45) is 5.41 Å². The lowest BCUT2D eigenvalue weighted by atomic mass is 9.90. The number of nitrogens with one attached hydrogen (secondary N) is 5. The third-order valence-electron chi connectivity index (χ3n) is 11.0. The van der Waals surface area contributed by atoms with E-state index in [2.05, 4.69) is 53.0 Å². The number of amides is 6. The second-order valence-corrected chi connectivity index (χ2v) is 19.9. The molecule has 4 heterocycles. The standard InChI is InChI=1S/C48H54ClN9O6SSi/c1-30-42(65-29-54-30)33-15-12-32(13-16-33)27-53-45(62)39-26-38(59)28-58(39)46(63)43(48(2,3)4)66-57-41(60)11-6-5-7-20-52-44(61)34-10-8-9-31(23-34)14-17-35-24-36(18-21-50-35)55-47(64)56-37-19-22-51-40(49)25-37/h8-10,12-13,15-16,18-19,21-25,29,38-39,43,59H,5-7,11,20,26-28,66H2,1-4H3,(H,52,61)(H,53,62)(H,57,60)(H2,50,51,55,56,64)/t38-,39+,43-/m1/s1. The van der Waals surface area contributed by atoms with E-state index in [1.807, 2.05) is 57.5 Å². The zero-order chi connectivity index (χ0) is 47.2. The van der Waals surface area contributed by atoms with Crippen LogP contribution in [0.5, 0.6) is 0 Å². The van der Waals surface area contributed by atoms with Crippen molar-refractivity contribution in [2.45, 2.75) is 84.0 Å². The van der Waals surface area contributed by atoms with E-state index in [1.54, 1.807) is 53.8 Å². The lowest BCUT2D eigenvalue weighted by Gasteiger charge is -2.34. The number of unbranched alkanes of at least 4 members (excludes halogenated alkanes) is 2. The fourth-order valence-electron chi connectivity index (χ4n) is 7.35. The quantitative estimate of drug-likeness (QED) is 0.0288. The summed E-state index contributed by atoms with van der Waals surface area (Å²) in [4.78, 5) is 84.0. The van der Waals surface area contributed by atoms with Crippen LogP contribution < -0.4 is 26.2 Å². The number of carbonyl (C=O) groups excluding carboxylic acids is 5. The predicted molar refractivity (Wildman–Crippen MR) is 259 cm³/mol. The zero-order valence-corrected chi connectivity index (χ0v) is 40.3. The van der Waals surface area contributed by atoms with Gasteiger partial charge in [0.1, 0.15) is 26.6 Å². The number of β-amino-alcohol motifs (C(OH)–C–C–N with tert-alkyl or cyclic N) is 1. The first-order valence-corrected chi connectivity index (χ1v) is 24.5. The van der Waals surface area contributed by atoms with Gasteiger partial charge in [-0.2, -0.15) is 0 Å². The Labute approximate surface area is 395 Å². The Morgan fingerprint density at radius 3 is 2.36 bits per heavy atom. The molecular weight excluding hydrogens is 894 g/mol. The highest BCUT2D eigenvalue weighted by molar-refractivity contribution is 7.13. The number of hydrogen-bond acceptors (Lipinski definition) is 10. The first-order chi connectivity index (χ1) is 31.6. The Morgan fingerprint density at radius 1 is 0.909 bits per heavy atom. The molecule has 0 bridgehead atoms. The maximum atomic E-state index is 14.1. The molecule has 344 valence electrons. The predicted octanol–water partition coefficient (Wildman–Crippen LogP) is 6.21. The fraction of sp³-hybridized carbons (Fsp3) is 0.333. The summed E-state index contributed by atoms with van der Waals surface area (Å²) in [7, 11) is -1.47. The van der Waals surface area contributed by atoms with E-state index < -0.39 is 38.8 Å². The van der Waals surface area contributed by atoms with Crippen LogP contribution in [0.15, 0.2) is 90.7 Å². The van der Waals surface area contributed by atoms with Crippen molar-refractivity contribution >= 4 is 73.7 Å². The van der Waals surface area contributed by atoms with Gasteiger partial charge in [0.2, 0.25) is 17.7 Å². The molecule has 18 heteroatoms. The van der Waals surface area contributed by atoms with Crippen molar-refractivity contribution < 1.29 is 29.1 Å². The summed E-state index contributed by atoms with van der Waals surface area (Å²) < 4.78 is 0. The van der Waals surface area contributed by atoms with Crippen molar-refractivity contribution in [2.75, 3.05) is 23.7 Å². The summed E-state index contributed by atoms with van der Waals surface area (Å²) >= 11 is 7.46. The average molecular weight is 949 g/mol. The monoisotopic (exact) mass is 947 g/mol. The van der Waals surface area contributed by atoms with E-state index in [1.165, 1.54) is 23.4 Å². The van der Waals surface area contributed by atoms with Crippen LogP contribution in [0.1, 0.15) is 85.7 Å². The topological polar surface area (TPSA) is 208 Å². The molecular formula is C48H54ClN9O6SSi. The van der Waals surface area contributed by atoms with Crippen LogP contribution in [-0.4, -0.2) is 89.5 Å². The number of halogens is 1. The van der Waals surface area contributed by atoms with Crippen LogP contribution in [-0.2, 0) is 20.9 Å². The highest BCUT2D eigenvalue weighted by Gasteiger charge is 2.44. The molecule has 2 aromatic carbocycles. The molecule has 0 radical (unpaired) electrons. The molecule has 3 atom stereocenters. The van der Waals surface area contributed by atoms with Crippen LogP contribution >= 0.6 is 22.9 Å². The second kappa shape index (κ2) is 23.1. The molecule has 66 heavy (non-hydrogen) atoms. The van der Waals surface area contributed by atoms with E-state index >= 15 is 0 Å². The Balaban J connectivity index is 0.903. The molecule has 6 amide bonds. The summed E-state index contributed by atoms with van der Waals surface area (Å²) in [6.45, 7) is 8.60. The molecule has 6 rings (SSSR count). The van der Waals surface area contributed by atoms with Gasteiger partial charge in [-0.15, -0.1) is 11.3 Å². The minimum absolute atomic E-state index is 0.0609. The highest BCUT2D eigenvalue weighted by Crippen LogP contribution is 2.34. The molecule has 1 fully saturated rings. The van der Waals surface area contributed by atoms with Gasteiger partial charge in [-0.1, -0.05) is 75.0 Å². The first-order valence-electron chi connectivity index (χ1n) is 21.7. The molecule has 3 aromatic heterocycles. The highest BCUT2D eigenvalue weighted by atomic mass is 35.5. The third kappa shape index (κ3) is 14.3. The summed E-state index contributed by atoms with van der Waals surface area (Å²) in [5.74, 6) is 5.07. The molecule has 6 N–H and O–H groups in total. The van der Waals surface area contributed by atoms with Crippen LogP contribution in [0.2, 0.25) is 10.7 Å². The van der Waals surface area contributed by atoms with Crippen molar-refractivity contribution in [3.8, 4) is 22.3 Å². The largest absolute Gasteiger partial charge is 0.391 e. The van der Waals surface area contributed by atoms with Gasteiger partial charge in [0.25, 0.3) is 5.91 Å². The molecule has 15 nitrogen and oxygen atoms in total. The lowest BCUT2D eigenvalue weighted by molar-refractivity contribution is -0.140. The second-order valence-electron chi connectivity index (χ2n) is 17.1. The number of urea groups is 1. The lowest BCUT2D eigenvalue weighted by Crippen LogP contribution is -2.50. The summed E-state index contributed by atoms with van der Waals surface area (Å²) in [5, 5.41) is 22.1. The molecule has 1 aliphatic heterocycles. The van der Waals surface area contributed by atoms with Gasteiger partial charge in [0.15, 0.2) is 0 Å². The molecule has 0 aliphatic carbocycles. The van der Waals surface area contributed by atoms with Gasteiger partial charge < -0.3 is 36.3 Å². The van der Waals surface area contributed by atoms with E-state index in [9.17, 15) is 29.1 Å². The molecule has 5 aromatic rings. The number of aryl methyl sites for hydroxylation is 1. The number of hydrogen-bond donors (Lipinski definition) is 6. The fourth-order valence-corrected chi connectivity index (χ4v) is 9.97. The Kier molecular flexibility index (Phi) is 17.2. The van der Waals surface area contributed by atoms with E-state index in [0.717, 1.165) is 21.7 Å². The number of anilines is 2. The number of aliphatic hydroxyl groups excluding tert-OH is 1. The molecule has 1 saturated heterocycles. The normalized spacial score (nSPS) is 15.1. The molecule has 0 spiro atoms. The smallest absolute Gasteiger partial charge is 0.323 e. The number of benzene rings is 2. The van der Waals surface area contributed by atoms with Crippen molar-refractivity contribution in [3.05, 3.63) is 124 Å². The number of likely N-dealkylation sites (tertiary alicyclic amines) is 1. The number of aromatic nitrogens is 3. The minimum atomic E-state index is -1.47. The van der Waals surface area contributed by atoms with Crippen LogP contribution in [0.3, 0.4) is 0 Å². The number of nitrogens with zero attached hydrogens (tertiary/aromatic N) is 4. The summed E-state index contributed by atoms with van der Waals surface area (Å²) in [5.41, 5.74) is 6.24. The summed E-state index contributed by atoms with van der Waals surface area (Å²) in [6, 6.07) is 20.0. The summed E-state index contributed by atoms with van der Waals surface area (Å²) in [6.07, 6.45) is 4.62. The number of carbonyl (C=O) groups is 5. The maximum Gasteiger partial charge on any atom is 0.323 e. The zero-order valence-electron chi connectivity index (χ0n) is 37.3. The van der Waals surface area contributed by atoms with Gasteiger partial charge in [-0.25, -0.2) is 19.7 Å².